The summed E-state index contributed by atoms with van der Waals surface area (Å²) in [5, 5.41) is 3.63. The van der Waals surface area contributed by atoms with Crippen molar-refractivity contribution in [3.05, 3.63) is 57.5 Å². The summed E-state index contributed by atoms with van der Waals surface area (Å²) in [6.45, 7) is 0. The van der Waals surface area contributed by atoms with Crippen LogP contribution in [0.2, 0.25) is 15.1 Å². The number of hydrogen-bond donors (Lipinski definition) is 1. The molecule has 2 aromatic rings. The summed E-state index contributed by atoms with van der Waals surface area (Å²) in [6, 6.07) is 10.1. The number of rotatable bonds is 3. The molecule has 0 fully saturated rings. The Hall–Kier alpha value is -1.75. The van der Waals surface area contributed by atoms with E-state index in [9.17, 15) is 9.59 Å². The molecule has 1 N–H and O–H groups in total. The molecule has 1 radical (unpaired) electrons. The van der Waals surface area contributed by atoms with E-state index in [0.29, 0.717) is 15.7 Å². The van der Waals surface area contributed by atoms with E-state index >= 15 is 0 Å². The molecule has 2 aromatic carbocycles. The summed E-state index contributed by atoms with van der Waals surface area (Å²) >= 11 is 17.5. The zero-order chi connectivity index (χ0) is 15.4. The Morgan fingerprint density at radius 2 is 1.62 bits per heavy atom. The third kappa shape index (κ3) is 3.88. The van der Waals surface area contributed by atoms with Crippen molar-refractivity contribution in [2.24, 2.45) is 0 Å². The van der Waals surface area contributed by atoms with Crippen molar-refractivity contribution in [2.75, 3.05) is 10.2 Å². The fourth-order valence-electron chi connectivity index (χ4n) is 1.58. The Bertz CT molecular complexity index is 674. The zero-order valence-corrected chi connectivity index (χ0v) is 12.7. The highest BCUT2D eigenvalue weighted by Crippen LogP contribution is 2.28. The maximum Gasteiger partial charge on any atom is 0.333 e. The number of carbonyl (C=O) groups is 1. The summed E-state index contributed by atoms with van der Waals surface area (Å²) in [5.74, 6) is 0. The van der Waals surface area contributed by atoms with Gasteiger partial charge >= 0.3 is 12.4 Å². The second kappa shape index (κ2) is 6.80. The van der Waals surface area contributed by atoms with Gasteiger partial charge in [-0.1, -0.05) is 34.8 Å². The Kier molecular flexibility index (Phi) is 5.07. The fourth-order valence-corrected chi connectivity index (χ4v) is 2.19. The molecule has 7 heteroatoms. The molecule has 0 saturated heterocycles. The Morgan fingerprint density at radius 1 is 1.00 bits per heavy atom. The molecule has 21 heavy (non-hydrogen) atoms. The molecule has 0 aliphatic carbocycles. The molecule has 0 bridgehead atoms. The summed E-state index contributed by atoms with van der Waals surface area (Å²) in [4.78, 5) is 23.9. The van der Waals surface area contributed by atoms with Gasteiger partial charge in [-0.15, -0.1) is 0 Å². The highest BCUT2D eigenvalue weighted by molar-refractivity contribution is 6.37. The second-order valence-corrected chi connectivity index (χ2v) is 5.24. The summed E-state index contributed by atoms with van der Waals surface area (Å²) in [7, 11) is 0. The number of anilines is 2. The molecule has 0 spiro atoms. The number of hydrogen-bond acceptors (Lipinski definition) is 2. The molecule has 0 heterocycles. The van der Waals surface area contributed by atoms with Crippen molar-refractivity contribution in [1.29, 1.82) is 0 Å². The second-order valence-electron chi connectivity index (χ2n) is 3.96. The molecule has 3 amide bonds. The molecule has 0 aliphatic rings. The predicted molar refractivity (Wildman–Crippen MR) is 85.1 cm³/mol. The maximum absolute atomic E-state index is 12.1. The molecule has 2 rings (SSSR count). The van der Waals surface area contributed by atoms with Gasteiger partial charge in [-0.2, -0.15) is 0 Å². The van der Waals surface area contributed by atoms with Crippen molar-refractivity contribution < 1.29 is 9.59 Å². The summed E-state index contributed by atoms with van der Waals surface area (Å²) in [5.41, 5.74) is 0.664. The van der Waals surface area contributed by atoms with Gasteiger partial charge in [0.25, 0.3) is 0 Å². The lowest BCUT2D eigenvalue weighted by molar-refractivity contribution is 0.259. The molecule has 0 unspecified atom stereocenters. The first-order valence-corrected chi connectivity index (χ1v) is 6.84. The quantitative estimate of drug-likeness (QED) is 0.818. The van der Waals surface area contributed by atoms with Crippen molar-refractivity contribution in [3.63, 3.8) is 0 Å². The van der Waals surface area contributed by atoms with E-state index in [1.807, 2.05) is 0 Å². The summed E-state index contributed by atoms with van der Waals surface area (Å²) in [6.07, 6.45) is 1.53. The van der Waals surface area contributed by atoms with Crippen LogP contribution in [0.25, 0.3) is 0 Å². The summed E-state index contributed by atoms with van der Waals surface area (Å²) < 4.78 is 0. The normalized spacial score (nSPS) is 10.0. The minimum Gasteiger partial charge on any atom is -0.307 e. The van der Waals surface area contributed by atoms with Gasteiger partial charge in [0.15, 0.2) is 0 Å². The van der Waals surface area contributed by atoms with Crippen LogP contribution in [0.15, 0.2) is 42.5 Å². The zero-order valence-electron chi connectivity index (χ0n) is 10.4. The number of amides is 3. The van der Waals surface area contributed by atoms with Gasteiger partial charge in [0.2, 0.25) is 0 Å². The van der Waals surface area contributed by atoms with Gasteiger partial charge in [-0.3, -0.25) is 4.79 Å². The number of imide groups is 1. The van der Waals surface area contributed by atoms with Crippen LogP contribution in [0.1, 0.15) is 0 Å². The topological polar surface area (TPSA) is 49.4 Å². The number of urea groups is 1. The van der Waals surface area contributed by atoms with Gasteiger partial charge in [-0.05, 0) is 42.5 Å². The van der Waals surface area contributed by atoms with Crippen LogP contribution < -0.4 is 10.2 Å². The number of carbonyl (C=O) groups excluding carboxylic acids is 2. The van der Waals surface area contributed by atoms with Crippen LogP contribution >= 0.6 is 34.8 Å². The lowest BCUT2D eigenvalue weighted by Gasteiger charge is -2.17. The average molecular weight is 343 g/mol. The Morgan fingerprint density at radius 3 is 2.19 bits per heavy atom. The van der Waals surface area contributed by atoms with Crippen LogP contribution in [-0.2, 0) is 4.79 Å². The molecule has 0 aliphatic heterocycles. The average Bonchev–Trinajstić information content (AvgIpc) is 2.44. The van der Waals surface area contributed by atoms with E-state index in [0.717, 1.165) is 4.90 Å². The number of benzene rings is 2. The third-order valence-electron chi connectivity index (χ3n) is 2.54. The van der Waals surface area contributed by atoms with E-state index in [4.69, 9.17) is 34.8 Å². The van der Waals surface area contributed by atoms with Crippen molar-refractivity contribution in [2.45, 2.75) is 0 Å². The standard InChI is InChI=1S/C14H8Cl3N2O2/c15-9-1-4-11(5-2-9)18-14(21)19(8-20)13-6-3-10(16)7-12(13)17/h1-7H,(H,18,21). The molecule has 0 atom stereocenters. The molecule has 0 aromatic heterocycles. The highest BCUT2D eigenvalue weighted by atomic mass is 35.5. The Labute approximate surface area is 136 Å². The van der Waals surface area contributed by atoms with Crippen LogP contribution in [0.5, 0.6) is 0 Å². The molecular formula is C14H8Cl3N2O2. The SMILES string of the molecule is O=[C]N(C(=O)Nc1ccc(Cl)cc1)c1ccc(Cl)cc1Cl. The van der Waals surface area contributed by atoms with Gasteiger partial charge in [0, 0.05) is 15.7 Å². The van der Waals surface area contributed by atoms with Crippen molar-refractivity contribution in [1.82, 2.24) is 0 Å². The van der Waals surface area contributed by atoms with E-state index in [-0.39, 0.29) is 10.7 Å². The minimum atomic E-state index is -0.698. The largest absolute Gasteiger partial charge is 0.333 e. The number of halogens is 3. The van der Waals surface area contributed by atoms with Gasteiger partial charge in [-0.25, -0.2) is 9.69 Å². The van der Waals surface area contributed by atoms with Crippen LogP contribution in [-0.4, -0.2) is 12.4 Å². The van der Waals surface area contributed by atoms with Crippen LogP contribution in [0, 0.1) is 0 Å². The lowest BCUT2D eigenvalue weighted by atomic mass is 10.3. The smallest absolute Gasteiger partial charge is 0.307 e. The predicted octanol–water partition coefficient (Wildman–Crippen LogP) is 4.75. The third-order valence-corrected chi connectivity index (χ3v) is 3.33. The lowest BCUT2D eigenvalue weighted by Crippen LogP contribution is -2.33. The van der Waals surface area contributed by atoms with E-state index in [1.54, 1.807) is 24.3 Å². The van der Waals surface area contributed by atoms with Crippen molar-refractivity contribution in [3.8, 4) is 0 Å². The Balaban J connectivity index is 2.22. The van der Waals surface area contributed by atoms with E-state index < -0.39 is 6.03 Å². The first kappa shape index (κ1) is 15.6. The van der Waals surface area contributed by atoms with Crippen molar-refractivity contribution >= 4 is 58.6 Å². The number of nitrogens with one attached hydrogen (secondary N) is 1. The fraction of sp³-hybridized carbons (Fsp3) is 0. The van der Waals surface area contributed by atoms with Crippen LogP contribution in [0.4, 0.5) is 16.2 Å². The molecular weight excluding hydrogens is 335 g/mol. The maximum atomic E-state index is 12.1. The molecule has 4 nitrogen and oxygen atoms in total. The monoisotopic (exact) mass is 341 g/mol. The molecule has 0 saturated carbocycles. The van der Waals surface area contributed by atoms with E-state index in [1.165, 1.54) is 24.6 Å². The minimum absolute atomic E-state index is 0.164. The van der Waals surface area contributed by atoms with E-state index in [2.05, 4.69) is 5.32 Å². The van der Waals surface area contributed by atoms with Gasteiger partial charge in [0.05, 0.1) is 10.7 Å². The first-order valence-electron chi connectivity index (χ1n) is 5.71. The highest BCUT2D eigenvalue weighted by Gasteiger charge is 2.19. The molecule has 107 valence electrons. The number of nitrogens with zero attached hydrogens (tertiary/aromatic N) is 1. The first-order chi connectivity index (χ1) is 10.0. The van der Waals surface area contributed by atoms with Crippen LogP contribution in [0.3, 0.4) is 0 Å². The van der Waals surface area contributed by atoms with Gasteiger partial charge in [0.1, 0.15) is 0 Å². The van der Waals surface area contributed by atoms with Gasteiger partial charge < -0.3 is 5.32 Å².